The summed E-state index contributed by atoms with van der Waals surface area (Å²) in [6.45, 7) is 11.4. The fraction of sp³-hybridized carbons (Fsp3) is 0.611. The molecule has 0 radical (unpaired) electrons. The average Bonchev–Trinajstić information content (AvgIpc) is 2.56. The molecule has 1 aromatic carbocycles. The van der Waals surface area contributed by atoms with Gasteiger partial charge in [0.25, 0.3) is 0 Å². The summed E-state index contributed by atoms with van der Waals surface area (Å²) >= 11 is 0. The second-order valence-electron chi connectivity index (χ2n) is 5.52. The minimum absolute atomic E-state index is 0.0588. The van der Waals surface area contributed by atoms with Gasteiger partial charge in [-0.1, -0.05) is 13.8 Å². The molecule has 0 saturated heterocycles. The van der Waals surface area contributed by atoms with Crippen LogP contribution in [0.15, 0.2) is 18.2 Å². The van der Waals surface area contributed by atoms with E-state index >= 15 is 0 Å². The summed E-state index contributed by atoms with van der Waals surface area (Å²) in [6.07, 6.45) is 2.23. The van der Waals surface area contributed by atoms with Gasteiger partial charge in [0.05, 0.1) is 18.8 Å². The molecule has 5 heteroatoms. The zero-order valence-corrected chi connectivity index (χ0v) is 14.7. The highest BCUT2D eigenvalue weighted by atomic mass is 16.5. The average molecular weight is 321 g/mol. The summed E-state index contributed by atoms with van der Waals surface area (Å²) in [6, 6.07) is 5.22. The number of nitrogens with one attached hydrogen (secondary N) is 1. The second kappa shape index (κ2) is 11.0. The maximum absolute atomic E-state index is 12.1. The molecule has 0 bridgehead atoms. The van der Waals surface area contributed by atoms with Gasteiger partial charge in [-0.3, -0.25) is 4.79 Å². The van der Waals surface area contributed by atoms with Crippen molar-refractivity contribution in [1.82, 2.24) is 10.2 Å². The molecule has 0 heterocycles. The van der Waals surface area contributed by atoms with E-state index in [9.17, 15) is 4.79 Å². The van der Waals surface area contributed by atoms with Crippen LogP contribution in [-0.2, 0) is 0 Å². The zero-order chi connectivity index (χ0) is 17.1. The number of ether oxygens (including phenoxy) is 1. The third-order valence-corrected chi connectivity index (χ3v) is 3.89. The van der Waals surface area contributed by atoms with Crippen LogP contribution >= 0.6 is 0 Å². The molecule has 0 amide bonds. The molecule has 0 aliphatic heterocycles. The molecule has 130 valence electrons. The fourth-order valence-corrected chi connectivity index (χ4v) is 2.44. The van der Waals surface area contributed by atoms with E-state index in [1.165, 1.54) is 0 Å². The molecule has 0 aliphatic carbocycles. The van der Waals surface area contributed by atoms with Gasteiger partial charge in [0, 0.05) is 5.56 Å². The molecule has 0 unspecified atom stereocenters. The third kappa shape index (κ3) is 7.01. The number of nitrogen functional groups attached to an aromatic ring is 1. The molecule has 0 aliphatic rings. The lowest BCUT2D eigenvalue weighted by atomic mass is 10.1. The Bertz CT molecular complexity index is 473. The largest absolute Gasteiger partial charge is 0.492 e. The van der Waals surface area contributed by atoms with E-state index < -0.39 is 0 Å². The molecule has 3 N–H and O–H groups in total. The van der Waals surface area contributed by atoms with Gasteiger partial charge >= 0.3 is 0 Å². The van der Waals surface area contributed by atoms with E-state index in [1.54, 1.807) is 18.2 Å². The first-order valence-corrected chi connectivity index (χ1v) is 8.60. The van der Waals surface area contributed by atoms with Crippen molar-refractivity contribution in [3.05, 3.63) is 23.8 Å². The van der Waals surface area contributed by atoms with Crippen LogP contribution < -0.4 is 15.8 Å². The smallest absolute Gasteiger partial charge is 0.176 e. The SMILES string of the molecule is CCOc1ccc(C(=O)CNCCCCN(CC)CC)cc1N. The Hall–Kier alpha value is -1.59. The normalized spacial score (nSPS) is 11.0. The number of benzene rings is 1. The van der Waals surface area contributed by atoms with Crippen molar-refractivity contribution in [2.45, 2.75) is 33.6 Å². The third-order valence-electron chi connectivity index (χ3n) is 3.89. The summed E-state index contributed by atoms with van der Waals surface area (Å²) in [7, 11) is 0. The number of nitrogens with two attached hydrogens (primary N) is 1. The zero-order valence-electron chi connectivity index (χ0n) is 14.7. The summed E-state index contributed by atoms with van der Waals surface area (Å²) < 4.78 is 5.38. The minimum Gasteiger partial charge on any atom is -0.492 e. The van der Waals surface area contributed by atoms with E-state index in [0.29, 0.717) is 30.2 Å². The Morgan fingerprint density at radius 1 is 1.22 bits per heavy atom. The van der Waals surface area contributed by atoms with Crippen LogP contribution in [0.1, 0.15) is 44.0 Å². The molecule has 0 aromatic heterocycles. The first-order valence-electron chi connectivity index (χ1n) is 8.60. The first-order chi connectivity index (χ1) is 11.1. The number of carbonyl (C=O) groups is 1. The summed E-state index contributed by atoms with van der Waals surface area (Å²) in [4.78, 5) is 14.5. The van der Waals surface area contributed by atoms with Gasteiger partial charge in [-0.2, -0.15) is 0 Å². The molecule has 1 aromatic rings. The fourth-order valence-electron chi connectivity index (χ4n) is 2.44. The molecule has 0 saturated carbocycles. The molecule has 23 heavy (non-hydrogen) atoms. The predicted octanol–water partition coefficient (Wildman–Crippen LogP) is 2.56. The summed E-state index contributed by atoms with van der Waals surface area (Å²) in [5.74, 6) is 0.692. The number of nitrogens with zero attached hydrogens (tertiary/aromatic N) is 1. The highest BCUT2D eigenvalue weighted by molar-refractivity contribution is 5.98. The minimum atomic E-state index is 0.0588. The highest BCUT2D eigenvalue weighted by Gasteiger charge is 2.08. The lowest BCUT2D eigenvalue weighted by Gasteiger charge is -2.17. The molecule has 1 rings (SSSR count). The Morgan fingerprint density at radius 2 is 1.96 bits per heavy atom. The quantitative estimate of drug-likeness (QED) is 0.352. The number of carbonyl (C=O) groups excluding carboxylic acids is 1. The van der Waals surface area contributed by atoms with E-state index in [-0.39, 0.29) is 5.78 Å². The van der Waals surface area contributed by atoms with Crippen LogP contribution in [0, 0.1) is 0 Å². The molecule has 0 atom stereocenters. The monoisotopic (exact) mass is 321 g/mol. The molecule has 0 fully saturated rings. The van der Waals surface area contributed by atoms with Crippen LogP contribution in [-0.4, -0.2) is 50.0 Å². The van der Waals surface area contributed by atoms with Gasteiger partial charge in [0.15, 0.2) is 5.78 Å². The number of Topliss-reactive ketones (excluding diaryl/α,β-unsaturated/α-hetero) is 1. The lowest BCUT2D eigenvalue weighted by molar-refractivity contribution is 0.0991. The van der Waals surface area contributed by atoms with Gasteiger partial charge in [0.1, 0.15) is 5.75 Å². The van der Waals surface area contributed by atoms with E-state index in [4.69, 9.17) is 10.5 Å². The van der Waals surface area contributed by atoms with Crippen LogP contribution in [0.3, 0.4) is 0 Å². The Labute approximate surface area is 140 Å². The van der Waals surface area contributed by atoms with Crippen molar-refractivity contribution >= 4 is 11.5 Å². The number of hydrogen-bond acceptors (Lipinski definition) is 5. The lowest BCUT2D eigenvalue weighted by Crippen LogP contribution is -2.27. The Balaban J connectivity index is 2.27. The van der Waals surface area contributed by atoms with Crippen molar-refractivity contribution in [1.29, 1.82) is 0 Å². The van der Waals surface area contributed by atoms with Crippen LogP contribution in [0.25, 0.3) is 0 Å². The summed E-state index contributed by atoms with van der Waals surface area (Å²) in [5.41, 5.74) is 7.03. The Kier molecular flexibility index (Phi) is 9.33. The first kappa shape index (κ1) is 19.5. The maximum Gasteiger partial charge on any atom is 0.176 e. The van der Waals surface area contributed by atoms with Crippen molar-refractivity contribution in [2.24, 2.45) is 0 Å². The van der Waals surface area contributed by atoms with Crippen LogP contribution in [0.2, 0.25) is 0 Å². The van der Waals surface area contributed by atoms with Crippen LogP contribution in [0.5, 0.6) is 5.75 Å². The van der Waals surface area contributed by atoms with Crippen molar-refractivity contribution in [3.8, 4) is 5.75 Å². The second-order valence-corrected chi connectivity index (χ2v) is 5.52. The van der Waals surface area contributed by atoms with Gasteiger partial charge in [-0.15, -0.1) is 0 Å². The number of hydrogen-bond donors (Lipinski definition) is 2. The number of anilines is 1. The number of ketones is 1. The standard InChI is InChI=1S/C18H31N3O2/c1-4-21(5-2)12-8-7-11-20-14-17(22)15-9-10-18(23-6-3)16(19)13-15/h9-10,13,20H,4-8,11-12,14,19H2,1-3H3. The van der Waals surface area contributed by atoms with Crippen LogP contribution in [0.4, 0.5) is 5.69 Å². The Morgan fingerprint density at radius 3 is 2.57 bits per heavy atom. The van der Waals surface area contributed by atoms with Gasteiger partial charge in [-0.05, 0) is 64.1 Å². The predicted molar refractivity (Wildman–Crippen MR) is 96.2 cm³/mol. The number of unbranched alkanes of at least 4 members (excludes halogenated alkanes) is 1. The van der Waals surface area contributed by atoms with Gasteiger partial charge < -0.3 is 20.7 Å². The molecular formula is C18H31N3O2. The van der Waals surface area contributed by atoms with E-state index in [2.05, 4.69) is 24.1 Å². The summed E-state index contributed by atoms with van der Waals surface area (Å²) in [5, 5.41) is 3.21. The topological polar surface area (TPSA) is 67.6 Å². The van der Waals surface area contributed by atoms with E-state index in [1.807, 2.05) is 6.92 Å². The molecular weight excluding hydrogens is 290 g/mol. The van der Waals surface area contributed by atoms with Crippen molar-refractivity contribution in [2.75, 3.05) is 45.1 Å². The number of rotatable bonds is 12. The van der Waals surface area contributed by atoms with Crippen molar-refractivity contribution in [3.63, 3.8) is 0 Å². The highest BCUT2D eigenvalue weighted by Crippen LogP contribution is 2.22. The molecule has 0 spiro atoms. The van der Waals surface area contributed by atoms with Crippen molar-refractivity contribution < 1.29 is 9.53 Å². The van der Waals surface area contributed by atoms with Gasteiger partial charge in [0.2, 0.25) is 0 Å². The maximum atomic E-state index is 12.1. The molecule has 5 nitrogen and oxygen atoms in total. The van der Waals surface area contributed by atoms with Gasteiger partial charge in [-0.25, -0.2) is 0 Å². The van der Waals surface area contributed by atoms with E-state index in [0.717, 1.165) is 39.0 Å².